The van der Waals surface area contributed by atoms with Gasteiger partial charge in [0.2, 0.25) is 0 Å². The van der Waals surface area contributed by atoms with E-state index in [4.69, 9.17) is 0 Å². The first-order chi connectivity index (χ1) is 12.3. The van der Waals surface area contributed by atoms with Crippen LogP contribution in [0.2, 0.25) is 0 Å². The smallest absolute Gasteiger partial charge is 0.269 e. The minimum absolute atomic E-state index is 0.0743. The molecule has 0 atom stereocenters. The number of hydrogen-bond donors (Lipinski definition) is 1. The van der Waals surface area contributed by atoms with Crippen molar-refractivity contribution in [2.24, 2.45) is 5.92 Å². The van der Waals surface area contributed by atoms with Crippen LogP contribution in [0.4, 0.5) is 0 Å². The van der Waals surface area contributed by atoms with Gasteiger partial charge in [-0.2, -0.15) is 0 Å². The van der Waals surface area contributed by atoms with Gasteiger partial charge in [0.15, 0.2) is 0 Å². The van der Waals surface area contributed by atoms with Crippen LogP contribution < -0.4 is 5.32 Å². The van der Waals surface area contributed by atoms with Crippen LogP contribution in [-0.4, -0.2) is 37.1 Å². The molecule has 1 N–H and O–H groups in total. The molecule has 1 saturated carbocycles. The number of sulfonamides is 1. The van der Waals surface area contributed by atoms with Gasteiger partial charge in [-0.1, -0.05) is 25.7 Å². The van der Waals surface area contributed by atoms with E-state index >= 15 is 0 Å². The first kappa shape index (κ1) is 18.9. The van der Waals surface area contributed by atoms with Crippen LogP contribution in [0.1, 0.15) is 73.1 Å². The fraction of sp³-hybridized carbons (Fsp3) is 0.579. The van der Waals surface area contributed by atoms with Crippen LogP contribution in [-0.2, 0) is 10.0 Å². The molecule has 2 aliphatic rings. The van der Waals surface area contributed by atoms with E-state index in [1.165, 1.54) is 43.9 Å². The number of benzene rings is 1. The predicted molar refractivity (Wildman–Crippen MR) is 98.5 cm³/mol. The van der Waals surface area contributed by atoms with Crippen molar-refractivity contribution >= 4 is 21.8 Å². The molecular formula is C19H26N2O4S. The molecule has 1 aromatic carbocycles. The van der Waals surface area contributed by atoms with Crippen LogP contribution in [0.5, 0.6) is 0 Å². The van der Waals surface area contributed by atoms with Gasteiger partial charge in [-0.3, -0.25) is 9.59 Å². The molecule has 3 rings (SSSR count). The fourth-order valence-corrected chi connectivity index (χ4v) is 5.69. The summed E-state index contributed by atoms with van der Waals surface area (Å²) >= 11 is 0. The SMILES string of the molecule is CC(C)N1C(=O)c2ccc(C(=O)NCCCC3CCCC3)cc2S1(=O)=O. The van der Waals surface area contributed by atoms with Crippen molar-refractivity contribution in [2.45, 2.75) is 63.3 Å². The molecule has 0 aromatic heterocycles. The van der Waals surface area contributed by atoms with Crippen LogP contribution in [0.15, 0.2) is 23.1 Å². The van der Waals surface area contributed by atoms with E-state index in [0.29, 0.717) is 6.54 Å². The van der Waals surface area contributed by atoms with Crippen molar-refractivity contribution in [3.63, 3.8) is 0 Å². The molecule has 1 aromatic rings. The van der Waals surface area contributed by atoms with Crippen LogP contribution in [0.3, 0.4) is 0 Å². The first-order valence-corrected chi connectivity index (χ1v) is 10.8. The Morgan fingerprint density at radius 1 is 1.27 bits per heavy atom. The van der Waals surface area contributed by atoms with E-state index in [9.17, 15) is 18.0 Å². The van der Waals surface area contributed by atoms with Gasteiger partial charge < -0.3 is 5.32 Å². The summed E-state index contributed by atoms with van der Waals surface area (Å²) in [6.07, 6.45) is 7.25. The molecule has 1 aliphatic heterocycles. The maximum Gasteiger partial charge on any atom is 0.269 e. The highest BCUT2D eigenvalue weighted by molar-refractivity contribution is 7.90. The van der Waals surface area contributed by atoms with Gasteiger partial charge in [0, 0.05) is 18.2 Å². The Morgan fingerprint density at radius 3 is 2.62 bits per heavy atom. The number of rotatable bonds is 6. The number of carbonyl (C=O) groups excluding carboxylic acids is 2. The Kier molecular flexibility index (Phi) is 5.37. The topological polar surface area (TPSA) is 83.6 Å². The number of amides is 2. The predicted octanol–water partition coefficient (Wildman–Crippen LogP) is 2.94. The fourth-order valence-electron chi connectivity index (χ4n) is 3.89. The number of hydrogen-bond acceptors (Lipinski definition) is 4. The summed E-state index contributed by atoms with van der Waals surface area (Å²) in [6.45, 7) is 3.88. The van der Waals surface area contributed by atoms with E-state index in [0.717, 1.165) is 23.1 Å². The Morgan fingerprint density at radius 2 is 1.96 bits per heavy atom. The third-order valence-corrected chi connectivity index (χ3v) is 7.23. The number of fused-ring (bicyclic) bond motifs is 1. The number of nitrogens with one attached hydrogen (secondary N) is 1. The van der Waals surface area contributed by atoms with E-state index in [2.05, 4.69) is 5.32 Å². The molecule has 6 nitrogen and oxygen atoms in total. The summed E-state index contributed by atoms with van der Waals surface area (Å²) in [5.41, 5.74) is 0.406. The third kappa shape index (κ3) is 3.49. The zero-order valence-electron chi connectivity index (χ0n) is 15.3. The van der Waals surface area contributed by atoms with E-state index < -0.39 is 22.0 Å². The molecule has 0 radical (unpaired) electrons. The third-order valence-electron chi connectivity index (χ3n) is 5.23. The van der Waals surface area contributed by atoms with Gasteiger partial charge in [-0.15, -0.1) is 0 Å². The first-order valence-electron chi connectivity index (χ1n) is 9.33. The minimum Gasteiger partial charge on any atom is -0.352 e. The summed E-state index contributed by atoms with van der Waals surface area (Å²) in [4.78, 5) is 24.6. The molecule has 26 heavy (non-hydrogen) atoms. The zero-order valence-corrected chi connectivity index (χ0v) is 16.1. The van der Waals surface area contributed by atoms with Gasteiger partial charge in [0.1, 0.15) is 4.90 Å². The second-order valence-corrected chi connectivity index (χ2v) is 9.24. The van der Waals surface area contributed by atoms with Gasteiger partial charge in [-0.25, -0.2) is 12.7 Å². The average molecular weight is 378 g/mol. The summed E-state index contributed by atoms with van der Waals surface area (Å²) in [7, 11) is -3.88. The maximum atomic E-state index is 12.6. The second kappa shape index (κ2) is 7.39. The van der Waals surface area contributed by atoms with Gasteiger partial charge in [0.25, 0.3) is 21.8 Å². The molecule has 142 valence electrons. The Balaban J connectivity index is 1.66. The summed E-state index contributed by atoms with van der Waals surface area (Å²) in [5.74, 6) is -0.0477. The van der Waals surface area contributed by atoms with Crippen molar-refractivity contribution in [3.05, 3.63) is 29.3 Å². The van der Waals surface area contributed by atoms with E-state index in [1.807, 2.05) is 0 Å². The lowest BCUT2D eigenvalue weighted by Crippen LogP contribution is -2.36. The molecule has 0 saturated heterocycles. The molecule has 7 heteroatoms. The molecule has 1 fully saturated rings. The summed E-state index contributed by atoms with van der Waals surface area (Å²) in [6, 6.07) is 3.80. The van der Waals surface area contributed by atoms with Crippen LogP contribution in [0, 0.1) is 5.92 Å². The van der Waals surface area contributed by atoms with Gasteiger partial charge in [-0.05, 0) is 50.8 Å². The molecule has 1 aliphatic carbocycles. The van der Waals surface area contributed by atoms with E-state index in [1.54, 1.807) is 13.8 Å². The highest BCUT2D eigenvalue weighted by atomic mass is 32.2. The number of carbonyl (C=O) groups is 2. The van der Waals surface area contributed by atoms with Crippen LogP contribution >= 0.6 is 0 Å². The molecule has 1 heterocycles. The largest absolute Gasteiger partial charge is 0.352 e. The number of nitrogens with zero attached hydrogens (tertiary/aromatic N) is 1. The minimum atomic E-state index is -3.88. The lowest BCUT2D eigenvalue weighted by atomic mass is 10.0. The molecule has 2 amide bonds. The second-order valence-electron chi connectivity index (χ2n) is 7.46. The summed E-state index contributed by atoms with van der Waals surface area (Å²) in [5, 5.41) is 2.85. The Labute approximate surface area is 155 Å². The van der Waals surface area contributed by atoms with Crippen LogP contribution in [0.25, 0.3) is 0 Å². The Bertz CT molecular complexity index is 811. The monoisotopic (exact) mass is 378 g/mol. The van der Waals surface area contributed by atoms with Crippen molar-refractivity contribution < 1.29 is 18.0 Å². The lowest BCUT2D eigenvalue weighted by molar-refractivity contribution is 0.0845. The quantitative estimate of drug-likeness (QED) is 0.772. The standard InChI is InChI=1S/C19H26N2O4S/c1-13(2)21-19(23)16-10-9-15(12-17(16)26(21,24)25)18(22)20-11-5-8-14-6-3-4-7-14/h9-10,12-14H,3-8,11H2,1-2H3,(H,20,22). The van der Waals surface area contributed by atoms with E-state index in [-0.39, 0.29) is 21.9 Å². The maximum absolute atomic E-state index is 12.6. The Hall–Kier alpha value is -1.89. The highest BCUT2D eigenvalue weighted by Crippen LogP contribution is 2.32. The van der Waals surface area contributed by atoms with Crippen molar-refractivity contribution in [2.75, 3.05) is 6.54 Å². The molecular weight excluding hydrogens is 352 g/mol. The van der Waals surface area contributed by atoms with Crippen molar-refractivity contribution in [3.8, 4) is 0 Å². The van der Waals surface area contributed by atoms with Gasteiger partial charge >= 0.3 is 0 Å². The lowest BCUT2D eigenvalue weighted by Gasteiger charge is -2.18. The molecule has 0 bridgehead atoms. The molecule has 0 spiro atoms. The zero-order chi connectivity index (χ0) is 18.9. The van der Waals surface area contributed by atoms with Crippen molar-refractivity contribution in [1.82, 2.24) is 9.62 Å². The average Bonchev–Trinajstić information content (AvgIpc) is 3.16. The van der Waals surface area contributed by atoms with Crippen molar-refractivity contribution in [1.29, 1.82) is 0 Å². The molecule has 0 unspecified atom stereocenters. The van der Waals surface area contributed by atoms with Gasteiger partial charge in [0.05, 0.1) is 5.56 Å². The normalized spacial score (nSPS) is 19.2. The highest BCUT2D eigenvalue weighted by Gasteiger charge is 2.42. The summed E-state index contributed by atoms with van der Waals surface area (Å²) < 4.78 is 26.1.